The molecule has 1 aliphatic heterocycles. The second-order valence-corrected chi connectivity index (χ2v) is 5.16. The number of fused-ring (bicyclic) bond motifs is 1. The molecule has 1 aliphatic carbocycles. The second kappa shape index (κ2) is 5.05. The van der Waals surface area contributed by atoms with E-state index in [1.807, 2.05) is 36.4 Å². The number of aliphatic hydroxyl groups excluding tert-OH is 1. The molecule has 3 rings (SSSR count). The summed E-state index contributed by atoms with van der Waals surface area (Å²) in [5.41, 5.74) is 2.16. The van der Waals surface area contributed by atoms with Crippen LogP contribution in [0.25, 0.3) is 0 Å². The fourth-order valence-corrected chi connectivity index (χ4v) is 2.77. The van der Waals surface area contributed by atoms with Crippen LogP contribution >= 0.6 is 0 Å². The average Bonchev–Trinajstić information content (AvgIpc) is 2.94. The molecule has 0 radical (unpaired) electrons. The molecule has 2 atom stereocenters. The van der Waals surface area contributed by atoms with E-state index in [0.717, 1.165) is 12.0 Å². The van der Waals surface area contributed by atoms with Gasteiger partial charge in [0.25, 0.3) is 0 Å². The number of carbonyl (C=O) groups is 1. The van der Waals surface area contributed by atoms with E-state index in [1.165, 1.54) is 5.57 Å². The van der Waals surface area contributed by atoms with Crippen molar-refractivity contribution in [2.45, 2.75) is 19.1 Å². The number of hydrogen-bond acceptors (Lipinski definition) is 3. The lowest BCUT2D eigenvalue weighted by molar-refractivity contribution is 0.101. The molecular formula is C15H17NO3. The van der Waals surface area contributed by atoms with Crippen LogP contribution in [-0.4, -0.2) is 35.3 Å². The van der Waals surface area contributed by atoms with Gasteiger partial charge in [-0.3, -0.25) is 0 Å². The summed E-state index contributed by atoms with van der Waals surface area (Å²) in [6, 6.07) is 9.66. The standard InChI is InChI=1S/C15H17NO3/c17-14-6-12-8-16(9-13(12)7-14)15(18)19-10-11-4-2-1-3-5-11/h1-6,13-14,17H,7-10H2/t13-,14+/m0/s1. The van der Waals surface area contributed by atoms with Crippen LogP contribution in [0, 0.1) is 5.92 Å². The molecular weight excluding hydrogens is 242 g/mol. The van der Waals surface area contributed by atoms with E-state index < -0.39 is 0 Å². The van der Waals surface area contributed by atoms with Crippen molar-refractivity contribution in [1.82, 2.24) is 4.90 Å². The number of benzene rings is 1. The quantitative estimate of drug-likeness (QED) is 0.826. The first-order chi connectivity index (χ1) is 9.22. The lowest BCUT2D eigenvalue weighted by Gasteiger charge is -2.16. The van der Waals surface area contributed by atoms with E-state index in [-0.39, 0.29) is 12.2 Å². The molecule has 0 saturated carbocycles. The topological polar surface area (TPSA) is 49.8 Å². The van der Waals surface area contributed by atoms with Gasteiger partial charge in [-0.2, -0.15) is 0 Å². The van der Waals surface area contributed by atoms with Crippen molar-refractivity contribution >= 4 is 6.09 Å². The van der Waals surface area contributed by atoms with Crippen LogP contribution in [-0.2, 0) is 11.3 Å². The Kier molecular flexibility index (Phi) is 3.25. The van der Waals surface area contributed by atoms with Gasteiger partial charge in [-0.15, -0.1) is 0 Å². The Morgan fingerprint density at radius 3 is 2.89 bits per heavy atom. The van der Waals surface area contributed by atoms with E-state index in [2.05, 4.69) is 0 Å². The third kappa shape index (κ3) is 2.63. The zero-order valence-electron chi connectivity index (χ0n) is 10.7. The van der Waals surface area contributed by atoms with E-state index in [9.17, 15) is 9.90 Å². The van der Waals surface area contributed by atoms with Crippen molar-refractivity contribution in [2.75, 3.05) is 13.1 Å². The first kappa shape index (κ1) is 12.2. The molecule has 1 saturated heterocycles. The minimum absolute atomic E-state index is 0.270. The van der Waals surface area contributed by atoms with Gasteiger partial charge in [0.2, 0.25) is 0 Å². The summed E-state index contributed by atoms with van der Waals surface area (Å²) in [5.74, 6) is 0.319. The highest BCUT2D eigenvalue weighted by atomic mass is 16.6. The fraction of sp³-hybridized carbons (Fsp3) is 0.400. The number of rotatable bonds is 2. The van der Waals surface area contributed by atoms with E-state index in [1.54, 1.807) is 4.90 Å². The van der Waals surface area contributed by atoms with Crippen molar-refractivity contribution in [1.29, 1.82) is 0 Å². The first-order valence-corrected chi connectivity index (χ1v) is 6.56. The van der Waals surface area contributed by atoms with Crippen LogP contribution in [0.4, 0.5) is 4.79 Å². The fourth-order valence-electron chi connectivity index (χ4n) is 2.77. The molecule has 0 aromatic heterocycles. The first-order valence-electron chi connectivity index (χ1n) is 6.56. The zero-order valence-corrected chi connectivity index (χ0v) is 10.7. The molecule has 1 amide bonds. The van der Waals surface area contributed by atoms with E-state index >= 15 is 0 Å². The molecule has 1 fully saturated rings. The smallest absolute Gasteiger partial charge is 0.410 e. The molecule has 100 valence electrons. The third-order valence-electron chi connectivity index (χ3n) is 3.73. The summed E-state index contributed by atoms with van der Waals surface area (Å²) in [7, 11) is 0. The predicted octanol–water partition coefficient (Wildman–Crippen LogP) is 1.95. The van der Waals surface area contributed by atoms with Gasteiger partial charge in [0.1, 0.15) is 6.61 Å². The van der Waals surface area contributed by atoms with Crippen LogP contribution in [0.2, 0.25) is 0 Å². The Balaban J connectivity index is 1.54. The number of amides is 1. The SMILES string of the molecule is O=C(OCc1ccccc1)N1CC2=C[C@@H](O)C[C@H]2C1. The van der Waals surface area contributed by atoms with Gasteiger partial charge in [0.15, 0.2) is 0 Å². The van der Waals surface area contributed by atoms with Crippen molar-refractivity contribution in [3.05, 3.63) is 47.5 Å². The van der Waals surface area contributed by atoms with Gasteiger partial charge >= 0.3 is 6.09 Å². The van der Waals surface area contributed by atoms with Crippen molar-refractivity contribution in [3.63, 3.8) is 0 Å². The van der Waals surface area contributed by atoms with Gasteiger partial charge in [-0.05, 0) is 17.6 Å². The van der Waals surface area contributed by atoms with Gasteiger partial charge in [0.05, 0.1) is 6.10 Å². The molecule has 2 aliphatic rings. The zero-order chi connectivity index (χ0) is 13.2. The van der Waals surface area contributed by atoms with Gasteiger partial charge in [0, 0.05) is 19.0 Å². The molecule has 4 nitrogen and oxygen atoms in total. The largest absolute Gasteiger partial charge is 0.445 e. The van der Waals surface area contributed by atoms with Gasteiger partial charge in [-0.1, -0.05) is 36.4 Å². The van der Waals surface area contributed by atoms with Crippen molar-refractivity contribution in [3.8, 4) is 0 Å². The maximum absolute atomic E-state index is 11.9. The highest BCUT2D eigenvalue weighted by molar-refractivity contribution is 5.69. The van der Waals surface area contributed by atoms with E-state index in [4.69, 9.17) is 4.74 Å². The van der Waals surface area contributed by atoms with Crippen LogP contribution < -0.4 is 0 Å². The number of ether oxygens (including phenoxy) is 1. The minimum atomic E-state index is -0.331. The summed E-state index contributed by atoms with van der Waals surface area (Å²) in [6.07, 6.45) is 2.00. The summed E-state index contributed by atoms with van der Waals surface area (Å²) in [4.78, 5) is 13.7. The van der Waals surface area contributed by atoms with Gasteiger partial charge in [-0.25, -0.2) is 4.79 Å². The Morgan fingerprint density at radius 2 is 2.16 bits per heavy atom. The summed E-state index contributed by atoms with van der Waals surface area (Å²) >= 11 is 0. The number of aliphatic hydroxyl groups is 1. The Bertz CT molecular complexity index is 497. The molecule has 1 aromatic rings. The molecule has 1 aromatic carbocycles. The number of likely N-dealkylation sites (tertiary alicyclic amines) is 1. The molecule has 1 heterocycles. The monoisotopic (exact) mass is 259 g/mol. The maximum Gasteiger partial charge on any atom is 0.410 e. The highest BCUT2D eigenvalue weighted by Crippen LogP contribution is 2.33. The second-order valence-electron chi connectivity index (χ2n) is 5.16. The maximum atomic E-state index is 11.9. The van der Waals surface area contributed by atoms with Crippen LogP contribution in [0.1, 0.15) is 12.0 Å². The lowest BCUT2D eigenvalue weighted by Crippen LogP contribution is -2.30. The molecule has 0 bridgehead atoms. The van der Waals surface area contributed by atoms with Gasteiger partial charge < -0.3 is 14.7 Å². The van der Waals surface area contributed by atoms with Crippen molar-refractivity contribution in [2.24, 2.45) is 5.92 Å². The molecule has 0 unspecified atom stereocenters. The summed E-state index contributed by atoms with van der Waals surface area (Å²) in [5, 5.41) is 9.50. The number of carbonyl (C=O) groups excluding carboxylic acids is 1. The third-order valence-corrected chi connectivity index (χ3v) is 3.73. The Hall–Kier alpha value is -1.81. The Morgan fingerprint density at radius 1 is 1.37 bits per heavy atom. The summed E-state index contributed by atoms with van der Waals surface area (Å²) < 4.78 is 5.30. The highest BCUT2D eigenvalue weighted by Gasteiger charge is 2.36. The summed E-state index contributed by atoms with van der Waals surface area (Å²) in [6.45, 7) is 1.56. The molecule has 19 heavy (non-hydrogen) atoms. The predicted molar refractivity (Wildman–Crippen MR) is 70.4 cm³/mol. The normalized spacial score (nSPS) is 25.1. The average molecular weight is 259 g/mol. The molecule has 1 N–H and O–H groups in total. The number of nitrogens with zero attached hydrogens (tertiary/aromatic N) is 1. The minimum Gasteiger partial charge on any atom is -0.445 e. The van der Waals surface area contributed by atoms with Crippen LogP contribution in [0.3, 0.4) is 0 Å². The van der Waals surface area contributed by atoms with Crippen LogP contribution in [0.15, 0.2) is 42.0 Å². The molecule has 0 spiro atoms. The lowest BCUT2D eigenvalue weighted by atomic mass is 10.1. The van der Waals surface area contributed by atoms with Crippen LogP contribution in [0.5, 0.6) is 0 Å². The van der Waals surface area contributed by atoms with Crippen molar-refractivity contribution < 1.29 is 14.6 Å². The Labute approximate surface area is 112 Å². The molecule has 4 heteroatoms. The van der Waals surface area contributed by atoms with E-state index in [0.29, 0.717) is 25.6 Å². The number of hydrogen-bond donors (Lipinski definition) is 1.